The zero-order valence-electron chi connectivity index (χ0n) is 21.5. The van der Waals surface area contributed by atoms with E-state index in [1.165, 1.54) is 13.3 Å². The van der Waals surface area contributed by atoms with Gasteiger partial charge in [0.1, 0.15) is 17.2 Å². The van der Waals surface area contributed by atoms with E-state index in [9.17, 15) is 9.59 Å². The lowest BCUT2D eigenvalue weighted by molar-refractivity contribution is 0.0733. The molecule has 0 radical (unpaired) electrons. The van der Waals surface area contributed by atoms with Gasteiger partial charge in [-0.1, -0.05) is 70.0 Å². The molecule has 9 heteroatoms. The number of aryl methyl sites for hydroxylation is 1. The quantitative estimate of drug-likeness (QED) is 0.0855. The lowest BCUT2D eigenvalue weighted by atomic mass is 10.0. The highest BCUT2D eigenvalue weighted by Crippen LogP contribution is 2.37. The van der Waals surface area contributed by atoms with Crippen molar-refractivity contribution in [2.75, 3.05) is 7.11 Å². The summed E-state index contributed by atoms with van der Waals surface area (Å²) in [5.41, 5.74) is 6.97. The minimum atomic E-state index is -0.558. The summed E-state index contributed by atoms with van der Waals surface area (Å²) in [7, 11) is 1.52. The van der Waals surface area contributed by atoms with E-state index in [0.29, 0.717) is 33.2 Å². The van der Waals surface area contributed by atoms with Gasteiger partial charge in [-0.15, -0.1) is 0 Å². The number of nitrogens with zero attached hydrogens (tertiary/aromatic N) is 1. The number of ether oxygens (including phenoxy) is 2. The van der Waals surface area contributed by atoms with Gasteiger partial charge in [-0.2, -0.15) is 5.10 Å². The smallest absolute Gasteiger partial charge is 0.343 e. The first-order valence-corrected chi connectivity index (χ1v) is 13.4. The molecule has 1 amide bonds. The molecule has 0 atom stereocenters. The second kappa shape index (κ2) is 11.8. The van der Waals surface area contributed by atoms with Crippen LogP contribution in [0.4, 0.5) is 0 Å². The van der Waals surface area contributed by atoms with Crippen LogP contribution >= 0.6 is 27.5 Å². The van der Waals surface area contributed by atoms with Crippen molar-refractivity contribution in [3.05, 3.63) is 117 Å². The number of carbonyl (C=O) groups excluding carboxylic acids is 2. The van der Waals surface area contributed by atoms with Crippen molar-refractivity contribution in [1.82, 2.24) is 10.4 Å². The number of carbonyl (C=O) groups is 2. The lowest BCUT2D eigenvalue weighted by Gasteiger charge is -2.09. The molecule has 0 bridgehead atoms. The van der Waals surface area contributed by atoms with Gasteiger partial charge < -0.3 is 14.5 Å². The summed E-state index contributed by atoms with van der Waals surface area (Å²) in [4.78, 5) is 29.4. The second-order valence-corrected chi connectivity index (χ2v) is 10.2. The molecular weight excluding hydrogens is 594 g/mol. The Kier molecular flexibility index (Phi) is 8.00. The summed E-state index contributed by atoms with van der Waals surface area (Å²) in [5.74, 6) is -0.200. The van der Waals surface area contributed by atoms with E-state index in [1.54, 1.807) is 48.5 Å². The molecule has 0 unspecified atom stereocenters. The molecule has 40 heavy (non-hydrogen) atoms. The number of hydrogen-bond donors (Lipinski definition) is 2. The summed E-state index contributed by atoms with van der Waals surface area (Å²) in [6, 6.07) is 25.0. The normalized spacial score (nSPS) is 11.1. The number of hydrogen-bond acceptors (Lipinski definition) is 5. The molecule has 0 aliphatic rings. The number of aromatic amines is 1. The van der Waals surface area contributed by atoms with E-state index < -0.39 is 11.9 Å². The third-order valence-electron chi connectivity index (χ3n) is 6.26. The number of nitrogens with one attached hydrogen (secondary N) is 2. The van der Waals surface area contributed by atoms with Crippen molar-refractivity contribution in [2.45, 2.75) is 6.92 Å². The fourth-order valence-corrected chi connectivity index (χ4v) is 4.93. The number of amides is 1. The monoisotopic (exact) mass is 615 g/mol. The Morgan fingerprint density at radius 3 is 2.60 bits per heavy atom. The van der Waals surface area contributed by atoms with E-state index in [2.05, 4.69) is 31.4 Å². The average molecular weight is 617 g/mol. The molecular formula is C31H23BrClN3O4. The third-order valence-corrected chi connectivity index (χ3v) is 7.08. The summed E-state index contributed by atoms with van der Waals surface area (Å²) in [6.07, 6.45) is 1.42. The van der Waals surface area contributed by atoms with E-state index in [-0.39, 0.29) is 5.75 Å². The number of hydrazone groups is 1. The van der Waals surface area contributed by atoms with Crippen molar-refractivity contribution in [3.8, 4) is 22.6 Å². The van der Waals surface area contributed by atoms with Crippen molar-refractivity contribution in [3.63, 3.8) is 0 Å². The van der Waals surface area contributed by atoms with Gasteiger partial charge in [0.05, 0.1) is 18.9 Å². The zero-order chi connectivity index (χ0) is 28.2. The first kappa shape index (κ1) is 27.2. The number of rotatable bonds is 7. The molecule has 0 aliphatic heterocycles. The molecule has 0 fully saturated rings. The Bertz CT molecular complexity index is 1780. The second-order valence-electron chi connectivity index (χ2n) is 8.86. The van der Waals surface area contributed by atoms with Crippen LogP contribution in [0.15, 0.2) is 94.5 Å². The SMILES string of the molecule is COc1cccc(C(=O)Oc2ccc(Br)cc2C=NNC(=O)c2[nH]c3c(C)cccc3c2-c2ccccc2Cl)c1. The highest BCUT2D eigenvalue weighted by Gasteiger charge is 2.21. The molecule has 200 valence electrons. The predicted molar refractivity (Wildman–Crippen MR) is 161 cm³/mol. The Labute approximate surface area is 243 Å². The predicted octanol–water partition coefficient (Wildman–Crippen LogP) is 7.55. The highest BCUT2D eigenvalue weighted by molar-refractivity contribution is 9.10. The molecule has 2 N–H and O–H groups in total. The Morgan fingerprint density at radius 1 is 1.00 bits per heavy atom. The molecule has 1 aromatic heterocycles. The number of aromatic nitrogens is 1. The molecule has 0 saturated heterocycles. The van der Waals surface area contributed by atoms with Gasteiger partial charge in [-0.25, -0.2) is 10.2 Å². The molecule has 0 aliphatic carbocycles. The summed E-state index contributed by atoms with van der Waals surface area (Å²) in [6.45, 7) is 1.97. The van der Waals surface area contributed by atoms with Gasteiger partial charge in [-0.05, 0) is 55.0 Å². The maximum atomic E-state index is 13.4. The number of H-pyrrole nitrogens is 1. The van der Waals surface area contributed by atoms with Crippen LogP contribution in [0.3, 0.4) is 0 Å². The number of esters is 1. The highest BCUT2D eigenvalue weighted by atomic mass is 79.9. The molecule has 5 rings (SSSR count). The zero-order valence-corrected chi connectivity index (χ0v) is 23.8. The van der Waals surface area contributed by atoms with Crippen molar-refractivity contribution in [1.29, 1.82) is 0 Å². The van der Waals surface area contributed by atoms with Crippen LogP contribution in [0.5, 0.6) is 11.5 Å². The van der Waals surface area contributed by atoms with E-state index in [0.717, 1.165) is 26.5 Å². The van der Waals surface area contributed by atoms with Crippen LogP contribution in [0, 0.1) is 6.92 Å². The summed E-state index contributed by atoms with van der Waals surface area (Å²) in [5, 5.41) is 5.57. The number of para-hydroxylation sites is 1. The number of benzene rings is 4. The minimum Gasteiger partial charge on any atom is -0.497 e. The Hall–Kier alpha value is -4.40. The fraction of sp³-hybridized carbons (Fsp3) is 0.0645. The third kappa shape index (κ3) is 5.64. The molecule has 0 spiro atoms. The Balaban J connectivity index is 1.43. The lowest BCUT2D eigenvalue weighted by Crippen LogP contribution is -2.19. The Morgan fingerprint density at radius 2 is 1.80 bits per heavy atom. The summed E-state index contributed by atoms with van der Waals surface area (Å²) >= 11 is 9.95. The van der Waals surface area contributed by atoms with Gasteiger partial charge in [-0.3, -0.25) is 4.79 Å². The maximum absolute atomic E-state index is 13.4. The van der Waals surface area contributed by atoms with Crippen LogP contribution in [0.2, 0.25) is 5.02 Å². The van der Waals surface area contributed by atoms with Crippen molar-refractivity contribution < 1.29 is 19.1 Å². The standard InChI is InChI=1S/C31H23BrClN3O4/c1-18-7-5-11-24-27(23-10-3-4-12-25(23)33)29(35-28(18)24)30(37)36-34-17-20-15-21(32)13-14-26(20)40-31(38)19-8-6-9-22(16-19)39-2/h3-17,35H,1-2H3,(H,36,37). The number of halogens is 2. The largest absolute Gasteiger partial charge is 0.497 e. The topological polar surface area (TPSA) is 92.8 Å². The van der Waals surface area contributed by atoms with Gasteiger partial charge >= 0.3 is 5.97 Å². The van der Waals surface area contributed by atoms with Crippen LogP contribution < -0.4 is 14.9 Å². The minimum absolute atomic E-state index is 0.270. The fourth-order valence-electron chi connectivity index (χ4n) is 4.32. The van der Waals surface area contributed by atoms with Gasteiger partial charge in [0.2, 0.25) is 0 Å². The number of methoxy groups -OCH3 is 1. The van der Waals surface area contributed by atoms with E-state index in [1.807, 2.05) is 43.3 Å². The summed E-state index contributed by atoms with van der Waals surface area (Å²) < 4.78 is 11.6. The number of fused-ring (bicyclic) bond motifs is 1. The van der Waals surface area contributed by atoms with Crippen LogP contribution in [-0.4, -0.2) is 30.2 Å². The molecule has 0 saturated carbocycles. The van der Waals surface area contributed by atoms with Gasteiger partial charge in [0.25, 0.3) is 5.91 Å². The van der Waals surface area contributed by atoms with Gasteiger partial charge in [0, 0.05) is 37.1 Å². The molecule has 1 heterocycles. The molecule has 5 aromatic rings. The van der Waals surface area contributed by atoms with Crippen molar-refractivity contribution in [2.24, 2.45) is 5.10 Å². The first-order chi connectivity index (χ1) is 19.4. The van der Waals surface area contributed by atoms with Crippen molar-refractivity contribution >= 4 is 56.5 Å². The van der Waals surface area contributed by atoms with Crippen LogP contribution in [0.1, 0.15) is 32.0 Å². The van der Waals surface area contributed by atoms with E-state index >= 15 is 0 Å². The first-order valence-electron chi connectivity index (χ1n) is 12.2. The van der Waals surface area contributed by atoms with Crippen LogP contribution in [-0.2, 0) is 0 Å². The molecule has 4 aromatic carbocycles. The average Bonchev–Trinajstić information content (AvgIpc) is 3.35. The molecule has 7 nitrogen and oxygen atoms in total. The van der Waals surface area contributed by atoms with Crippen LogP contribution in [0.25, 0.3) is 22.0 Å². The van der Waals surface area contributed by atoms with E-state index in [4.69, 9.17) is 21.1 Å². The van der Waals surface area contributed by atoms with Gasteiger partial charge in [0.15, 0.2) is 0 Å². The maximum Gasteiger partial charge on any atom is 0.343 e.